The van der Waals surface area contributed by atoms with Gasteiger partial charge in [-0.2, -0.15) is 5.10 Å². The van der Waals surface area contributed by atoms with Crippen molar-refractivity contribution >= 4 is 5.82 Å². The summed E-state index contributed by atoms with van der Waals surface area (Å²) in [7, 11) is 0. The van der Waals surface area contributed by atoms with Crippen molar-refractivity contribution in [2.24, 2.45) is 0 Å². The van der Waals surface area contributed by atoms with Gasteiger partial charge >= 0.3 is 0 Å². The number of rotatable bonds is 2. The van der Waals surface area contributed by atoms with E-state index in [2.05, 4.69) is 23.2 Å². The molecule has 4 heteroatoms. The normalized spacial score (nSPS) is 12.7. The van der Waals surface area contributed by atoms with Gasteiger partial charge < -0.3 is 10.8 Å². The summed E-state index contributed by atoms with van der Waals surface area (Å²) in [5.41, 5.74) is 10.7. The predicted octanol–water partition coefficient (Wildman–Crippen LogP) is 2.00. The highest BCUT2D eigenvalue weighted by atomic mass is 16.3. The summed E-state index contributed by atoms with van der Waals surface area (Å²) in [4.78, 5) is 0. The maximum Gasteiger partial charge on any atom is 0.125 e. The van der Waals surface area contributed by atoms with Crippen molar-refractivity contribution < 1.29 is 5.11 Å². The van der Waals surface area contributed by atoms with Gasteiger partial charge in [0.2, 0.25) is 0 Å². The average molecular weight is 231 g/mol. The molecule has 0 bridgehead atoms. The topological polar surface area (TPSA) is 74.9 Å². The Kier molecular flexibility index (Phi) is 2.90. The van der Waals surface area contributed by atoms with Crippen molar-refractivity contribution in [3.8, 4) is 0 Å². The van der Waals surface area contributed by atoms with Crippen LogP contribution in [0.25, 0.3) is 0 Å². The van der Waals surface area contributed by atoms with Gasteiger partial charge in [-0.05, 0) is 43.0 Å². The van der Waals surface area contributed by atoms with Crippen LogP contribution in [-0.2, 0) is 0 Å². The highest BCUT2D eigenvalue weighted by Gasteiger charge is 2.17. The molecule has 0 aliphatic heterocycles. The maximum atomic E-state index is 10.3. The molecule has 90 valence electrons. The number of nitrogens with one attached hydrogen (secondary N) is 1. The molecule has 1 unspecified atom stereocenters. The lowest BCUT2D eigenvalue weighted by molar-refractivity contribution is 0.220. The monoisotopic (exact) mass is 231 g/mol. The van der Waals surface area contributed by atoms with E-state index < -0.39 is 6.10 Å². The molecule has 0 radical (unpaired) electrons. The van der Waals surface area contributed by atoms with E-state index in [0.29, 0.717) is 11.4 Å². The highest BCUT2D eigenvalue weighted by Crippen LogP contribution is 2.29. The van der Waals surface area contributed by atoms with Gasteiger partial charge in [0, 0.05) is 5.56 Å². The van der Waals surface area contributed by atoms with Crippen molar-refractivity contribution in [3.05, 3.63) is 46.1 Å². The highest BCUT2D eigenvalue weighted by molar-refractivity contribution is 5.47. The summed E-state index contributed by atoms with van der Waals surface area (Å²) < 4.78 is 0. The van der Waals surface area contributed by atoms with Gasteiger partial charge in [-0.25, -0.2) is 0 Å². The zero-order chi connectivity index (χ0) is 12.6. The number of nitrogens with two attached hydrogens (primary N) is 1. The molecule has 0 fully saturated rings. The van der Waals surface area contributed by atoms with Crippen LogP contribution in [0, 0.1) is 20.8 Å². The summed E-state index contributed by atoms with van der Waals surface area (Å²) in [6.45, 7) is 6.08. The number of aromatic amines is 1. The minimum absolute atomic E-state index is 0.412. The molecule has 0 amide bonds. The Labute approximate surface area is 100 Å². The van der Waals surface area contributed by atoms with Gasteiger partial charge in [-0.3, -0.25) is 5.10 Å². The van der Waals surface area contributed by atoms with Crippen molar-refractivity contribution in [1.29, 1.82) is 0 Å². The molecule has 0 aliphatic carbocycles. The molecule has 0 saturated heterocycles. The number of hydrogen-bond acceptors (Lipinski definition) is 3. The van der Waals surface area contributed by atoms with Crippen LogP contribution in [0.4, 0.5) is 5.82 Å². The largest absolute Gasteiger partial charge is 0.384 e. The lowest BCUT2D eigenvalue weighted by Gasteiger charge is -2.15. The lowest BCUT2D eigenvalue weighted by Crippen LogP contribution is -2.05. The number of H-pyrrole nitrogens is 1. The van der Waals surface area contributed by atoms with Crippen LogP contribution in [0.2, 0.25) is 0 Å². The third-order valence-corrected chi connectivity index (χ3v) is 3.17. The second-order valence-electron chi connectivity index (χ2n) is 4.43. The first-order valence-corrected chi connectivity index (χ1v) is 5.55. The fraction of sp³-hybridized carbons (Fsp3) is 0.308. The Hall–Kier alpha value is -1.81. The van der Waals surface area contributed by atoms with Crippen LogP contribution >= 0.6 is 0 Å². The van der Waals surface area contributed by atoms with Gasteiger partial charge in [0.05, 0.1) is 6.20 Å². The van der Waals surface area contributed by atoms with E-state index in [0.717, 1.165) is 16.7 Å². The Balaban J connectivity index is 2.48. The van der Waals surface area contributed by atoms with Gasteiger partial charge in [-0.1, -0.05) is 12.1 Å². The number of aliphatic hydroxyl groups excluding tert-OH is 1. The molecule has 2 aromatic rings. The lowest BCUT2D eigenvalue weighted by atomic mass is 9.94. The number of aromatic nitrogens is 2. The maximum absolute atomic E-state index is 10.3. The number of anilines is 1. The molecule has 2 rings (SSSR count). The number of nitrogens with zero attached hydrogens (tertiary/aromatic N) is 1. The number of benzene rings is 1. The van der Waals surface area contributed by atoms with Crippen molar-refractivity contribution in [2.45, 2.75) is 26.9 Å². The summed E-state index contributed by atoms with van der Waals surface area (Å²) in [5.74, 6) is 0.412. The van der Waals surface area contributed by atoms with Crippen LogP contribution in [0.5, 0.6) is 0 Å². The summed E-state index contributed by atoms with van der Waals surface area (Å²) in [6.07, 6.45) is 0.835. The van der Waals surface area contributed by atoms with Crippen LogP contribution in [0.1, 0.15) is 33.9 Å². The van der Waals surface area contributed by atoms with Gasteiger partial charge in [0.15, 0.2) is 0 Å². The molecule has 1 aromatic carbocycles. The third kappa shape index (κ3) is 2.03. The first kappa shape index (κ1) is 11.7. The minimum Gasteiger partial charge on any atom is -0.384 e. The average Bonchev–Trinajstić information content (AvgIpc) is 2.69. The number of hydrogen-bond donors (Lipinski definition) is 3. The first-order chi connectivity index (χ1) is 8.00. The summed E-state index contributed by atoms with van der Waals surface area (Å²) in [6, 6.07) is 4.08. The number of aryl methyl sites for hydroxylation is 3. The molecule has 4 N–H and O–H groups in total. The molecular formula is C13H17N3O. The molecule has 1 aromatic heterocycles. The zero-order valence-electron chi connectivity index (χ0n) is 10.3. The van der Waals surface area contributed by atoms with E-state index in [-0.39, 0.29) is 0 Å². The summed E-state index contributed by atoms with van der Waals surface area (Å²) >= 11 is 0. The third-order valence-electron chi connectivity index (χ3n) is 3.17. The van der Waals surface area contributed by atoms with E-state index in [1.807, 2.05) is 19.9 Å². The molecule has 4 nitrogen and oxygen atoms in total. The molecular weight excluding hydrogens is 214 g/mol. The standard InChI is InChI=1S/C13H17N3O/c1-7-4-9(3)10(5-8(7)2)12(17)11-6-15-16-13(11)14/h4-6,12,17H,1-3H3,(H3,14,15,16). The minimum atomic E-state index is -0.729. The van der Waals surface area contributed by atoms with Gasteiger partial charge in [0.25, 0.3) is 0 Å². The Bertz CT molecular complexity index is 546. The van der Waals surface area contributed by atoms with Crippen molar-refractivity contribution in [1.82, 2.24) is 10.2 Å². The second-order valence-corrected chi connectivity index (χ2v) is 4.43. The van der Waals surface area contributed by atoms with Crippen LogP contribution in [0.3, 0.4) is 0 Å². The zero-order valence-corrected chi connectivity index (χ0v) is 10.3. The van der Waals surface area contributed by atoms with Crippen LogP contribution in [-0.4, -0.2) is 15.3 Å². The Morgan fingerprint density at radius 1 is 1.12 bits per heavy atom. The Morgan fingerprint density at radius 3 is 2.35 bits per heavy atom. The van der Waals surface area contributed by atoms with Crippen LogP contribution in [0.15, 0.2) is 18.3 Å². The van der Waals surface area contributed by atoms with Gasteiger partial charge in [0.1, 0.15) is 11.9 Å². The van der Waals surface area contributed by atoms with Crippen molar-refractivity contribution in [2.75, 3.05) is 5.73 Å². The quantitative estimate of drug-likeness (QED) is 0.740. The van der Waals surface area contributed by atoms with E-state index in [9.17, 15) is 5.11 Å². The fourth-order valence-electron chi connectivity index (χ4n) is 1.97. The first-order valence-electron chi connectivity index (χ1n) is 5.55. The molecule has 0 spiro atoms. The molecule has 17 heavy (non-hydrogen) atoms. The van der Waals surface area contributed by atoms with E-state index >= 15 is 0 Å². The molecule has 1 atom stereocenters. The van der Waals surface area contributed by atoms with E-state index in [4.69, 9.17) is 5.73 Å². The predicted molar refractivity (Wildman–Crippen MR) is 67.7 cm³/mol. The second kappa shape index (κ2) is 4.22. The number of nitrogen functional groups attached to an aromatic ring is 1. The smallest absolute Gasteiger partial charge is 0.125 e. The van der Waals surface area contributed by atoms with E-state index in [1.165, 1.54) is 5.56 Å². The van der Waals surface area contributed by atoms with Gasteiger partial charge in [-0.15, -0.1) is 0 Å². The van der Waals surface area contributed by atoms with Crippen molar-refractivity contribution in [3.63, 3.8) is 0 Å². The summed E-state index contributed by atoms with van der Waals surface area (Å²) in [5, 5.41) is 16.8. The molecule has 1 heterocycles. The Morgan fingerprint density at radius 2 is 1.76 bits per heavy atom. The SMILES string of the molecule is Cc1cc(C)c(C(O)c2cn[nH]c2N)cc1C. The fourth-order valence-corrected chi connectivity index (χ4v) is 1.97. The molecule has 0 aliphatic rings. The number of aliphatic hydroxyl groups is 1. The van der Waals surface area contributed by atoms with E-state index in [1.54, 1.807) is 6.20 Å². The van der Waals surface area contributed by atoms with Crippen LogP contribution < -0.4 is 5.73 Å². The molecule has 0 saturated carbocycles.